The van der Waals surface area contributed by atoms with E-state index >= 15 is 0 Å². The van der Waals surface area contributed by atoms with Crippen LogP contribution < -0.4 is 5.69 Å². The molecule has 2 aromatic rings. The fraction of sp³-hybridized carbons (Fsp3) is 0.429. The number of carbonyl (C=O) groups excluding carboxylic acids is 1. The number of aromatic amines is 1. The molecular formula is C14H17N5O2. The molecule has 7 heteroatoms. The highest BCUT2D eigenvalue weighted by Gasteiger charge is 2.28. The molecule has 3 heterocycles. The first kappa shape index (κ1) is 13.5. The van der Waals surface area contributed by atoms with Crippen LogP contribution in [0.15, 0.2) is 35.5 Å². The van der Waals surface area contributed by atoms with Crippen LogP contribution in [0.1, 0.15) is 31.0 Å². The Balaban J connectivity index is 1.79. The standard InChI is InChI=1S/C14H17N5O2/c20-13(10-18-8-3-6-15-14(18)21)19-9-2-1-4-12(19)11-5-7-16-17-11/h3,5-8,12H,1-2,4,9-10H2,(H,16,17)/t12-/m0/s1. The lowest BCUT2D eigenvalue weighted by Crippen LogP contribution is -2.42. The van der Waals surface area contributed by atoms with E-state index < -0.39 is 5.69 Å². The van der Waals surface area contributed by atoms with Gasteiger partial charge >= 0.3 is 5.69 Å². The summed E-state index contributed by atoms with van der Waals surface area (Å²) in [6, 6.07) is 3.56. The summed E-state index contributed by atoms with van der Waals surface area (Å²) in [6.07, 6.45) is 7.69. The van der Waals surface area contributed by atoms with Crippen LogP contribution >= 0.6 is 0 Å². The third-order valence-corrected chi connectivity index (χ3v) is 3.79. The summed E-state index contributed by atoms with van der Waals surface area (Å²) >= 11 is 0. The number of carbonyl (C=O) groups is 1. The van der Waals surface area contributed by atoms with Crippen molar-refractivity contribution in [2.45, 2.75) is 31.8 Å². The predicted octanol–water partition coefficient (Wildman–Crippen LogP) is 0.720. The summed E-state index contributed by atoms with van der Waals surface area (Å²) in [5.74, 6) is -0.0654. The monoisotopic (exact) mass is 287 g/mol. The summed E-state index contributed by atoms with van der Waals surface area (Å²) in [5, 5.41) is 6.90. The highest BCUT2D eigenvalue weighted by atomic mass is 16.2. The molecule has 0 aromatic carbocycles. The zero-order chi connectivity index (χ0) is 14.7. The van der Waals surface area contributed by atoms with Gasteiger partial charge in [0, 0.05) is 25.1 Å². The van der Waals surface area contributed by atoms with Gasteiger partial charge in [0.05, 0.1) is 11.7 Å². The Bertz CT molecular complexity index is 664. The molecule has 21 heavy (non-hydrogen) atoms. The summed E-state index contributed by atoms with van der Waals surface area (Å²) in [6.45, 7) is 0.731. The van der Waals surface area contributed by atoms with E-state index in [0.29, 0.717) is 6.54 Å². The number of rotatable bonds is 3. The third kappa shape index (κ3) is 2.86. The molecule has 2 aromatic heterocycles. The molecule has 3 rings (SSSR count). The molecule has 0 radical (unpaired) electrons. The minimum Gasteiger partial charge on any atom is -0.333 e. The predicted molar refractivity (Wildman–Crippen MR) is 75.4 cm³/mol. The molecule has 0 bridgehead atoms. The van der Waals surface area contributed by atoms with E-state index in [0.717, 1.165) is 25.0 Å². The molecule has 110 valence electrons. The second-order valence-electron chi connectivity index (χ2n) is 5.14. The molecular weight excluding hydrogens is 270 g/mol. The second-order valence-corrected chi connectivity index (χ2v) is 5.14. The minimum atomic E-state index is -0.402. The highest BCUT2D eigenvalue weighted by Crippen LogP contribution is 2.29. The van der Waals surface area contributed by atoms with E-state index in [9.17, 15) is 9.59 Å². The smallest absolute Gasteiger partial charge is 0.333 e. The Labute approximate surface area is 121 Å². The topological polar surface area (TPSA) is 83.9 Å². The molecule has 1 N–H and O–H groups in total. The van der Waals surface area contributed by atoms with E-state index in [1.165, 1.54) is 10.8 Å². The van der Waals surface area contributed by atoms with E-state index in [1.807, 2.05) is 11.0 Å². The summed E-state index contributed by atoms with van der Waals surface area (Å²) < 4.78 is 1.33. The number of H-pyrrole nitrogens is 1. The maximum absolute atomic E-state index is 12.5. The lowest BCUT2D eigenvalue weighted by molar-refractivity contribution is -0.135. The fourth-order valence-electron chi connectivity index (χ4n) is 2.75. The Hall–Kier alpha value is -2.44. The van der Waals surface area contributed by atoms with Crippen molar-refractivity contribution in [2.24, 2.45) is 0 Å². The molecule has 1 aliphatic heterocycles. The molecule has 7 nitrogen and oxygen atoms in total. The third-order valence-electron chi connectivity index (χ3n) is 3.79. The quantitative estimate of drug-likeness (QED) is 0.901. The highest BCUT2D eigenvalue weighted by molar-refractivity contribution is 5.76. The Morgan fingerprint density at radius 3 is 3.05 bits per heavy atom. The number of hydrogen-bond donors (Lipinski definition) is 1. The number of hydrogen-bond acceptors (Lipinski definition) is 4. The average molecular weight is 287 g/mol. The van der Waals surface area contributed by atoms with E-state index in [-0.39, 0.29) is 18.5 Å². The maximum Gasteiger partial charge on any atom is 0.347 e. The number of aromatic nitrogens is 4. The largest absolute Gasteiger partial charge is 0.347 e. The van der Waals surface area contributed by atoms with Gasteiger partial charge in [0.15, 0.2) is 0 Å². The van der Waals surface area contributed by atoms with Gasteiger partial charge in [-0.2, -0.15) is 5.10 Å². The van der Waals surface area contributed by atoms with Gasteiger partial charge in [-0.1, -0.05) is 0 Å². The summed E-state index contributed by atoms with van der Waals surface area (Å²) in [7, 11) is 0. The lowest BCUT2D eigenvalue weighted by Gasteiger charge is -2.35. The first-order chi connectivity index (χ1) is 10.3. The van der Waals surface area contributed by atoms with Gasteiger partial charge < -0.3 is 4.90 Å². The number of nitrogens with zero attached hydrogens (tertiary/aromatic N) is 4. The first-order valence-corrected chi connectivity index (χ1v) is 7.06. The van der Waals surface area contributed by atoms with Crippen LogP contribution in [0.5, 0.6) is 0 Å². The molecule has 1 aliphatic rings. The maximum atomic E-state index is 12.5. The normalized spacial score (nSPS) is 18.7. The van der Waals surface area contributed by atoms with E-state index in [4.69, 9.17) is 0 Å². The molecule has 1 fully saturated rings. The van der Waals surface area contributed by atoms with Crippen LogP contribution in [0.25, 0.3) is 0 Å². The van der Waals surface area contributed by atoms with Crippen molar-refractivity contribution in [3.8, 4) is 0 Å². The molecule has 0 saturated carbocycles. The second kappa shape index (κ2) is 5.90. The summed E-state index contributed by atoms with van der Waals surface area (Å²) in [5.41, 5.74) is 0.544. The van der Waals surface area contributed by atoms with Gasteiger partial charge in [-0.25, -0.2) is 9.78 Å². The molecule has 1 amide bonds. The summed E-state index contributed by atoms with van der Waals surface area (Å²) in [4.78, 5) is 29.6. The zero-order valence-electron chi connectivity index (χ0n) is 11.6. The van der Waals surface area contributed by atoms with Crippen molar-refractivity contribution >= 4 is 5.91 Å². The minimum absolute atomic E-state index is 0.0149. The Morgan fingerprint density at radius 1 is 1.38 bits per heavy atom. The van der Waals surface area contributed by atoms with Crippen LogP contribution in [-0.2, 0) is 11.3 Å². The number of amides is 1. The number of nitrogens with one attached hydrogen (secondary N) is 1. The lowest BCUT2D eigenvalue weighted by atomic mass is 9.99. The average Bonchev–Trinajstić information content (AvgIpc) is 3.04. The Kier molecular flexibility index (Phi) is 3.81. The molecule has 0 aliphatic carbocycles. The zero-order valence-corrected chi connectivity index (χ0v) is 11.6. The van der Waals surface area contributed by atoms with Gasteiger partial charge in [0.2, 0.25) is 5.91 Å². The van der Waals surface area contributed by atoms with Crippen molar-refractivity contribution in [3.63, 3.8) is 0 Å². The molecule has 1 atom stereocenters. The van der Waals surface area contributed by atoms with Crippen LogP contribution in [0.4, 0.5) is 0 Å². The molecule has 1 saturated heterocycles. The van der Waals surface area contributed by atoms with E-state index in [1.54, 1.807) is 18.5 Å². The van der Waals surface area contributed by atoms with Gasteiger partial charge in [-0.05, 0) is 31.4 Å². The number of likely N-dealkylation sites (tertiary alicyclic amines) is 1. The van der Waals surface area contributed by atoms with Crippen LogP contribution in [0, 0.1) is 0 Å². The molecule has 0 unspecified atom stereocenters. The van der Waals surface area contributed by atoms with Crippen LogP contribution in [0.2, 0.25) is 0 Å². The van der Waals surface area contributed by atoms with Crippen molar-refractivity contribution < 1.29 is 4.79 Å². The van der Waals surface area contributed by atoms with Crippen molar-refractivity contribution in [3.05, 3.63) is 46.9 Å². The SMILES string of the molecule is O=C(Cn1cccnc1=O)N1CCCC[C@H]1c1ccn[nH]1. The van der Waals surface area contributed by atoms with E-state index in [2.05, 4.69) is 15.2 Å². The van der Waals surface area contributed by atoms with Crippen molar-refractivity contribution in [1.82, 2.24) is 24.6 Å². The van der Waals surface area contributed by atoms with Gasteiger partial charge in [0.25, 0.3) is 0 Å². The first-order valence-electron chi connectivity index (χ1n) is 7.06. The van der Waals surface area contributed by atoms with Gasteiger partial charge in [-0.15, -0.1) is 0 Å². The number of piperidine rings is 1. The van der Waals surface area contributed by atoms with Crippen molar-refractivity contribution in [1.29, 1.82) is 0 Å². The van der Waals surface area contributed by atoms with Crippen LogP contribution in [0.3, 0.4) is 0 Å². The fourth-order valence-corrected chi connectivity index (χ4v) is 2.75. The van der Waals surface area contributed by atoms with Crippen molar-refractivity contribution in [2.75, 3.05) is 6.54 Å². The Morgan fingerprint density at radius 2 is 2.29 bits per heavy atom. The van der Waals surface area contributed by atoms with Crippen LogP contribution in [-0.4, -0.2) is 37.1 Å². The molecule has 0 spiro atoms. The van der Waals surface area contributed by atoms with Gasteiger partial charge in [0.1, 0.15) is 6.54 Å². The van der Waals surface area contributed by atoms with Gasteiger partial charge in [-0.3, -0.25) is 14.5 Å².